The second-order valence-corrected chi connectivity index (χ2v) is 4.57. The number of anilines is 2. The molecule has 1 atom stereocenters. The quantitative estimate of drug-likeness (QED) is 0.804. The van der Waals surface area contributed by atoms with Crippen molar-refractivity contribution < 1.29 is 4.79 Å². The topological polar surface area (TPSA) is 71.2 Å². The van der Waals surface area contributed by atoms with Gasteiger partial charge in [0.15, 0.2) is 5.82 Å². The van der Waals surface area contributed by atoms with Crippen LogP contribution < -0.4 is 16.0 Å². The largest absolute Gasteiger partial charge is 0.361 e. The van der Waals surface area contributed by atoms with Crippen molar-refractivity contribution in [2.24, 2.45) is 5.73 Å². The third-order valence-corrected chi connectivity index (χ3v) is 2.59. The molecule has 1 rings (SSSR count). The van der Waals surface area contributed by atoms with Gasteiger partial charge in [0, 0.05) is 32.8 Å². The van der Waals surface area contributed by atoms with E-state index in [9.17, 15) is 4.79 Å². The smallest absolute Gasteiger partial charge is 0.226 e. The Hall–Kier alpha value is -1.62. The molecule has 3 N–H and O–H groups in total. The first-order chi connectivity index (χ1) is 8.54. The van der Waals surface area contributed by atoms with E-state index in [1.54, 1.807) is 12.3 Å². The summed E-state index contributed by atoms with van der Waals surface area (Å²) in [6.07, 6.45) is 3.90. The molecule has 1 heterocycles. The predicted octanol–water partition coefficient (Wildman–Crippen LogP) is 1.60. The third-order valence-electron chi connectivity index (χ3n) is 2.59. The number of aromatic nitrogens is 1. The van der Waals surface area contributed by atoms with Crippen molar-refractivity contribution in [1.82, 2.24) is 4.98 Å². The molecule has 1 amide bonds. The fraction of sp³-hybridized carbons (Fsp3) is 0.538. The zero-order valence-corrected chi connectivity index (χ0v) is 11.3. The van der Waals surface area contributed by atoms with E-state index in [0.29, 0.717) is 6.42 Å². The highest BCUT2D eigenvalue weighted by molar-refractivity contribution is 5.93. The SMILES string of the molecule is CCCC(N)CC(=O)Nc1cccnc1N(C)C. The second kappa shape index (κ2) is 6.96. The highest BCUT2D eigenvalue weighted by atomic mass is 16.1. The minimum Gasteiger partial charge on any atom is -0.361 e. The van der Waals surface area contributed by atoms with Gasteiger partial charge in [-0.05, 0) is 18.6 Å². The van der Waals surface area contributed by atoms with Gasteiger partial charge in [-0.3, -0.25) is 4.79 Å². The van der Waals surface area contributed by atoms with E-state index in [1.165, 1.54) is 0 Å². The number of amides is 1. The molecular formula is C13H22N4O. The molecule has 0 fully saturated rings. The summed E-state index contributed by atoms with van der Waals surface area (Å²) < 4.78 is 0. The minimum absolute atomic E-state index is 0.0629. The first-order valence-corrected chi connectivity index (χ1v) is 6.22. The normalized spacial score (nSPS) is 12.0. The maximum Gasteiger partial charge on any atom is 0.226 e. The van der Waals surface area contributed by atoms with Crippen LogP contribution in [-0.4, -0.2) is 31.0 Å². The van der Waals surface area contributed by atoms with Crippen LogP contribution >= 0.6 is 0 Å². The summed E-state index contributed by atoms with van der Waals surface area (Å²) >= 11 is 0. The summed E-state index contributed by atoms with van der Waals surface area (Å²) in [6, 6.07) is 3.56. The van der Waals surface area contributed by atoms with Gasteiger partial charge in [0.1, 0.15) is 0 Å². The van der Waals surface area contributed by atoms with Crippen LogP contribution in [0.4, 0.5) is 11.5 Å². The molecule has 1 aromatic heterocycles. The zero-order valence-electron chi connectivity index (χ0n) is 11.3. The summed E-state index contributed by atoms with van der Waals surface area (Å²) in [5, 5.41) is 2.86. The first-order valence-electron chi connectivity index (χ1n) is 6.22. The fourth-order valence-corrected chi connectivity index (χ4v) is 1.76. The standard InChI is InChI=1S/C13H22N4O/c1-4-6-10(14)9-12(18)16-11-7-5-8-15-13(11)17(2)3/h5,7-8,10H,4,6,9,14H2,1-3H3,(H,16,18). The van der Waals surface area contributed by atoms with E-state index in [4.69, 9.17) is 5.73 Å². The minimum atomic E-state index is -0.0746. The van der Waals surface area contributed by atoms with E-state index in [0.717, 1.165) is 24.3 Å². The second-order valence-electron chi connectivity index (χ2n) is 4.57. The van der Waals surface area contributed by atoms with Gasteiger partial charge >= 0.3 is 0 Å². The Bertz CT molecular complexity index is 392. The summed E-state index contributed by atoms with van der Waals surface area (Å²) in [4.78, 5) is 17.9. The lowest BCUT2D eigenvalue weighted by atomic mass is 10.1. The van der Waals surface area contributed by atoms with Crippen LogP contribution in [0.3, 0.4) is 0 Å². The van der Waals surface area contributed by atoms with E-state index in [1.807, 2.05) is 25.1 Å². The van der Waals surface area contributed by atoms with Crippen molar-refractivity contribution in [2.45, 2.75) is 32.2 Å². The Morgan fingerprint density at radius 1 is 1.56 bits per heavy atom. The van der Waals surface area contributed by atoms with Gasteiger partial charge in [0.25, 0.3) is 0 Å². The van der Waals surface area contributed by atoms with Gasteiger partial charge in [-0.1, -0.05) is 13.3 Å². The Kier molecular flexibility index (Phi) is 5.58. The first kappa shape index (κ1) is 14.4. The lowest BCUT2D eigenvalue weighted by Gasteiger charge is -2.17. The number of carbonyl (C=O) groups excluding carboxylic acids is 1. The van der Waals surface area contributed by atoms with Gasteiger partial charge in [-0.2, -0.15) is 0 Å². The summed E-state index contributed by atoms with van der Waals surface area (Å²) in [5.74, 6) is 0.682. The van der Waals surface area contributed by atoms with Crippen molar-refractivity contribution in [3.8, 4) is 0 Å². The number of rotatable bonds is 6. The molecular weight excluding hydrogens is 228 g/mol. The number of nitrogens with two attached hydrogens (primary N) is 1. The van der Waals surface area contributed by atoms with Crippen LogP contribution in [-0.2, 0) is 4.79 Å². The van der Waals surface area contributed by atoms with Crippen LogP contribution in [0.2, 0.25) is 0 Å². The molecule has 0 aromatic carbocycles. The van der Waals surface area contributed by atoms with Gasteiger partial charge in [-0.25, -0.2) is 4.98 Å². The van der Waals surface area contributed by atoms with Crippen LogP contribution in [0.25, 0.3) is 0 Å². The van der Waals surface area contributed by atoms with Crippen molar-refractivity contribution in [3.63, 3.8) is 0 Å². The lowest BCUT2D eigenvalue weighted by Crippen LogP contribution is -2.27. The average molecular weight is 250 g/mol. The number of nitrogens with zero attached hydrogens (tertiary/aromatic N) is 2. The summed E-state index contributed by atoms with van der Waals surface area (Å²) in [5.41, 5.74) is 6.57. The monoisotopic (exact) mass is 250 g/mol. The van der Waals surface area contributed by atoms with Crippen LogP contribution in [0.5, 0.6) is 0 Å². The summed E-state index contributed by atoms with van der Waals surface area (Å²) in [6.45, 7) is 2.06. The van der Waals surface area contributed by atoms with Gasteiger partial charge < -0.3 is 16.0 Å². The predicted molar refractivity (Wildman–Crippen MR) is 74.7 cm³/mol. The molecule has 1 unspecified atom stereocenters. The molecule has 0 saturated heterocycles. The molecule has 0 bridgehead atoms. The van der Waals surface area contributed by atoms with Crippen molar-refractivity contribution in [3.05, 3.63) is 18.3 Å². The molecule has 0 aliphatic heterocycles. The number of pyridine rings is 1. The van der Waals surface area contributed by atoms with Gasteiger partial charge in [0.05, 0.1) is 5.69 Å². The number of hydrogen-bond donors (Lipinski definition) is 2. The molecule has 0 aliphatic rings. The Morgan fingerprint density at radius 2 is 2.28 bits per heavy atom. The van der Waals surface area contributed by atoms with Gasteiger partial charge in [-0.15, -0.1) is 0 Å². The van der Waals surface area contributed by atoms with Gasteiger partial charge in [0.2, 0.25) is 5.91 Å². The molecule has 5 heteroatoms. The summed E-state index contributed by atoms with van der Waals surface area (Å²) in [7, 11) is 3.78. The van der Waals surface area contributed by atoms with Crippen molar-refractivity contribution in [1.29, 1.82) is 0 Å². The maximum absolute atomic E-state index is 11.8. The van der Waals surface area contributed by atoms with Crippen molar-refractivity contribution >= 4 is 17.4 Å². The molecule has 0 spiro atoms. The van der Waals surface area contributed by atoms with Crippen LogP contribution in [0.1, 0.15) is 26.2 Å². The Labute approximate surface area is 108 Å². The Morgan fingerprint density at radius 3 is 2.89 bits per heavy atom. The molecule has 18 heavy (non-hydrogen) atoms. The average Bonchev–Trinajstić information content (AvgIpc) is 2.29. The third kappa shape index (κ3) is 4.33. The van der Waals surface area contributed by atoms with E-state index >= 15 is 0 Å². The molecule has 1 aromatic rings. The highest BCUT2D eigenvalue weighted by Crippen LogP contribution is 2.20. The number of carbonyl (C=O) groups is 1. The van der Waals surface area contributed by atoms with Crippen LogP contribution in [0, 0.1) is 0 Å². The molecule has 0 aliphatic carbocycles. The number of nitrogens with one attached hydrogen (secondary N) is 1. The highest BCUT2D eigenvalue weighted by Gasteiger charge is 2.12. The molecule has 100 valence electrons. The van der Waals surface area contributed by atoms with E-state index in [2.05, 4.69) is 17.2 Å². The Balaban J connectivity index is 2.64. The van der Waals surface area contributed by atoms with Crippen LogP contribution in [0.15, 0.2) is 18.3 Å². The number of hydrogen-bond acceptors (Lipinski definition) is 4. The zero-order chi connectivity index (χ0) is 13.5. The fourth-order valence-electron chi connectivity index (χ4n) is 1.76. The van der Waals surface area contributed by atoms with Crippen molar-refractivity contribution in [2.75, 3.05) is 24.3 Å². The maximum atomic E-state index is 11.8. The van der Waals surface area contributed by atoms with E-state index < -0.39 is 0 Å². The molecule has 5 nitrogen and oxygen atoms in total. The molecule has 0 saturated carbocycles. The lowest BCUT2D eigenvalue weighted by molar-refractivity contribution is -0.116. The molecule has 0 radical (unpaired) electrons. The van der Waals surface area contributed by atoms with E-state index in [-0.39, 0.29) is 11.9 Å².